The van der Waals surface area contributed by atoms with Gasteiger partial charge in [0, 0.05) is 0 Å². The van der Waals surface area contributed by atoms with Gasteiger partial charge >= 0.3 is 10.1 Å². The fourth-order valence-corrected chi connectivity index (χ4v) is 3.95. The van der Waals surface area contributed by atoms with Crippen molar-refractivity contribution in [1.82, 2.24) is 0 Å². The molecule has 158 valence electrons. The van der Waals surface area contributed by atoms with E-state index in [2.05, 4.69) is 10.0 Å². The summed E-state index contributed by atoms with van der Waals surface area (Å²) in [7, 11) is -4.04. The molecule has 0 bridgehead atoms. The Kier molecular flexibility index (Phi) is 6.87. The monoisotopic (exact) mass is 427 g/mol. The van der Waals surface area contributed by atoms with Gasteiger partial charge in [0.05, 0.1) is 5.71 Å². The van der Waals surface area contributed by atoms with Crippen molar-refractivity contribution in [1.29, 1.82) is 0 Å². The average molecular weight is 428 g/mol. The van der Waals surface area contributed by atoms with E-state index in [0.29, 0.717) is 11.3 Å². The Bertz CT molecular complexity index is 1140. The zero-order valence-corrected chi connectivity index (χ0v) is 18.0. The Morgan fingerprint density at radius 3 is 2.33 bits per heavy atom. The van der Waals surface area contributed by atoms with Gasteiger partial charge in [-0.15, -0.1) is 0 Å². The minimum atomic E-state index is -4.04. The van der Waals surface area contributed by atoms with Gasteiger partial charge in [-0.05, 0) is 46.9 Å². The molecule has 0 amide bonds. The first-order valence-electron chi connectivity index (χ1n) is 9.73. The van der Waals surface area contributed by atoms with E-state index in [1.807, 2.05) is 50.2 Å². The van der Waals surface area contributed by atoms with Crippen LogP contribution in [0, 0.1) is 5.92 Å². The summed E-state index contributed by atoms with van der Waals surface area (Å²) in [6, 6.07) is 19.5. The normalized spacial score (nSPS) is 14.5. The molecule has 0 saturated heterocycles. The predicted octanol–water partition coefficient (Wildman–Crippen LogP) is 5.55. The highest BCUT2D eigenvalue weighted by Gasteiger charge is 2.19. The molecular weight excluding hydrogens is 402 g/mol. The van der Waals surface area contributed by atoms with Crippen LogP contribution >= 0.6 is 0 Å². The molecule has 7 heteroatoms. The number of nitrogens with zero attached hydrogens (tertiary/aromatic N) is 1. The lowest BCUT2D eigenvalue weighted by molar-refractivity contribution is -0.293. The van der Waals surface area contributed by atoms with Gasteiger partial charge in [0.25, 0.3) is 0 Å². The number of benzene rings is 3. The molecule has 0 radical (unpaired) electrons. The maximum absolute atomic E-state index is 12.5. The molecule has 0 aliphatic rings. The number of oxime groups is 1. The van der Waals surface area contributed by atoms with Crippen LogP contribution in [0.3, 0.4) is 0 Å². The molecule has 30 heavy (non-hydrogen) atoms. The zero-order valence-electron chi connectivity index (χ0n) is 17.1. The second kappa shape index (κ2) is 9.38. The number of hydrogen-bond donors (Lipinski definition) is 1. The lowest BCUT2D eigenvalue weighted by Gasteiger charge is -2.20. The van der Waals surface area contributed by atoms with Crippen molar-refractivity contribution >= 4 is 26.6 Å². The van der Waals surface area contributed by atoms with Crippen LogP contribution < -0.4 is 0 Å². The quantitative estimate of drug-likeness (QED) is 0.290. The van der Waals surface area contributed by atoms with Gasteiger partial charge in [-0.1, -0.05) is 80.0 Å². The van der Waals surface area contributed by atoms with Crippen molar-refractivity contribution < 1.29 is 22.8 Å². The van der Waals surface area contributed by atoms with Crippen molar-refractivity contribution in [2.75, 3.05) is 0 Å². The van der Waals surface area contributed by atoms with Gasteiger partial charge in [0.15, 0.2) is 0 Å². The summed E-state index contributed by atoms with van der Waals surface area (Å²) in [5.41, 5.74) is 1.94. The third-order valence-electron chi connectivity index (χ3n) is 5.21. The van der Waals surface area contributed by atoms with E-state index in [4.69, 9.17) is 4.28 Å². The van der Waals surface area contributed by atoms with Gasteiger partial charge in [-0.3, -0.25) is 9.54 Å². The molecule has 1 N–H and O–H groups in total. The molecule has 3 aromatic rings. The third-order valence-corrected chi connectivity index (χ3v) is 6.32. The SMILES string of the molecule is CCC(C)C(OO)c1ccc(C(C)=NOS(=O)(=O)c2ccc3ccccc3c2)cc1. The van der Waals surface area contributed by atoms with E-state index in [1.54, 1.807) is 31.2 Å². The summed E-state index contributed by atoms with van der Waals surface area (Å²) in [5, 5.41) is 14.8. The fraction of sp³-hybridized carbons (Fsp3) is 0.261. The molecular formula is C23H25NO5S. The van der Waals surface area contributed by atoms with Crippen molar-refractivity contribution in [3.8, 4) is 0 Å². The van der Waals surface area contributed by atoms with Gasteiger partial charge in [-0.25, -0.2) is 4.89 Å². The predicted molar refractivity (Wildman–Crippen MR) is 117 cm³/mol. The molecule has 2 atom stereocenters. The van der Waals surface area contributed by atoms with Crippen LogP contribution in [-0.2, 0) is 19.3 Å². The molecule has 3 aromatic carbocycles. The van der Waals surface area contributed by atoms with E-state index in [0.717, 1.165) is 22.8 Å². The molecule has 0 heterocycles. The van der Waals surface area contributed by atoms with Crippen LogP contribution in [0.4, 0.5) is 0 Å². The van der Waals surface area contributed by atoms with Gasteiger partial charge in [-0.2, -0.15) is 8.42 Å². The molecule has 0 aromatic heterocycles. The maximum Gasteiger partial charge on any atom is 0.358 e. The Balaban J connectivity index is 1.77. The minimum Gasteiger partial charge on any atom is -0.265 e. The highest BCUT2D eigenvalue weighted by atomic mass is 32.2. The van der Waals surface area contributed by atoms with E-state index in [-0.39, 0.29) is 10.8 Å². The first-order valence-corrected chi connectivity index (χ1v) is 11.1. The fourth-order valence-electron chi connectivity index (χ4n) is 3.14. The molecule has 0 aliphatic carbocycles. The molecule has 0 saturated carbocycles. The first kappa shape index (κ1) is 22.0. The summed E-state index contributed by atoms with van der Waals surface area (Å²) < 4.78 is 30.0. The highest BCUT2D eigenvalue weighted by Crippen LogP contribution is 2.27. The molecule has 2 unspecified atom stereocenters. The Morgan fingerprint density at radius 2 is 1.70 bits per heavy atom. The zero-order chi connectivity index (χ0) is 21.7. The van der Waals surface area contributed by atoms with Crippen molar-refractivity contribution in [2.45, 2.75) is 38.2 Å². The van der Waals surface area contributed by atoms with Gasteiger partial charge in [0.2, 0.25) is 0 Å². The van der Waals surface area contributed by atoms with E-state index in [1.165, 1.54) is 6.07 Å². The van der Waals surface area contributed by atoms with Crippen LogP contribution in [-0.4, -0.2) is 19.4 Å². The Morgan fingerprint density at radius 1 is 1.03 bits per heavy atom. The van der Waals surface area contributed by atoms with Crippen molar-refractivity contribution in [2.24, 2.45) is 11.1 Å². The van der Waals surface area contributed by atoms with Crippen LogP contribution in [0.25, 0.3) is 10.8 Å². The lowest BCUT2D eigenvalue weighted by atomic mass is 9.94. The Hall–Kier alpha value is -2.74. The second-order valence-electron chi connectivity index (χ2n) is 7.25. The summed E-state index contributed by atoms with van der Waals surface area (Å²) in [6.07, 6.45) is 0.430. The second-order valence-corrected chi connectivity index (χ2v) is 8.78. The maximum atomic E-state index is 12.5. The molecule has 0 aliphatic heterocycles. The Labute approximate surface area is 176 Å². The third kappa shape index (κ3) is 4.87. The smallest absolute Gasteiger partial charge is 0.265 e. The molecule has 0 fully saturated rings. The van der Waals surface area contributed by atoms with E-state index < -0.39 is 16.2 Å². The molecule has 0 spiro atoms. The van der Waals surface area contributed by atoms with Gasteiger partial charge in [0.1, 0.15) is 11.0 Å². The number of fused-ring (bicyclic) bond motifs is 1. The summed E-state index contributed by atoms with van der Waals surface area (Å²) in [4.78, 5) is 4.67. The van der Waals surface area contributed by atoms with Gasteiger partial charge < -0.3 is 0 Å². The summed E-state index contributed by atoms with van der Waals surface area (Å²) in [5.74, 6) is 0.144. The van der Waals surface area contributed by atoms with Crippen LogP contribution in [0.2, 0.25) is 0 Å². The number of hydrogen-bond acceptors (Lipinski definition) is 6. The lowest BCUT2D eigenvalue weighted by Crippen LogP contribution is -2.11. The van der Waals surface area contributed by atoms with Crippen molar-refractivity contribution in [3.63, 3.8) is 0 Å². The minimum absolute atomic E-state index is 0.0459. The summed E-state index contributed by atoms with van der Waals surface area (Å²) in [6.45, 7) is 5.68. The van der Waals surface area contributed by atoms with Crippen LogP contribution in [0.15, 0.2) is 76.8 Å². The van der Waals surface area contributed by atoms with E-state index >= 15 is 0 Å². The standard InChI is InChI=1S/C23H25NO5S/c1-4-16(2)23(28-25)20-11-9-18(10-12-20)17(3)24-29-30(26,27)22-14-13-19-7-5-6-8-21(19)15-22/h5-16,23,25H,4H2,1-3H3. The first-order chi connectivity index (χ1) is 14.4. The van der Waals surface area contributed by atoms with Crippen molar-refractivity contribution in [3.05, 3.63) is 77.9 Å². The average Bonchev–Trinajstić information content (AvgIpc) is 2.78. The van der Waals surface area contributed by atoms with Crippen LogP contribution in [0.1, 0.15) is 44.4 Å². The van der Waals surface area contributed by atoms with E-state index in [9.17, 15) is 13.7 Å². The molecule has 6 nitrogen and oxygen atoms in total. The number of rotatable bonds is 8. The highest BCUT2D eigenvalue weighted by molar-refractivity contribution is 7.86. The summed E-state index contributed by atoms with van der Waals surface area (Å²) >= 11 is 0. The molecule has 3 rings (SSSR count). The van der Waals surface area contributed by atoms with Crippen LogP contribution in [0.5, 0.6) is 0 Å². The topological polar surface area (TPSA) is 85.2 Å². The largest absolute Gasteiger partial charge is 0.358 e.